The number of fused-ring (bicyclic) bond motifs is 1. The minimum absolute atomic E-state index is 0.0705. The number of benzene rings is 1. The first kappa shape index (κ1) is 13.1. The lowest BCUT2D eigenvalue weighted by Crippen LogP contribution is -2.54. The van der Waals surface area contributed by atoms with E-state index in [1.54, 1.807) is 0 Å². The summed E-state index contributed by atoms with van der Waals surface area (Å²) < 4.78 is 18.0. The molecule has 3 rings (SSSR count). The van der Waals surface area contributed by atoms with Gasteiger partial charge in [0.1, 0.15) is 6.10 Å². The van der Waals surface area contributed by atoms with E-state index in [9.17, 15) is 0 Å². The topological polar surface area (TPSA) is 27.7 Å². The van der Waals surface area contributed by atoms with Gasteiger partial charge in [0.25, 0.3) is 0 Å². The Kier molecular flexibility index (Phi) is 3.61. The molecule has 0 N–H and O–H groups in total. The van der Waals surface area contributed by atoms with Crippen molar-refractivity contribution in [2.45, 2.75) is 45.4 Å². The average molecular weight is 262 g/mol. The lowest BCUT2D eigenvalue weighted by molar-refractivity contribution is -0.308. The van der Waals surface area contributed by atoms with Crippen molar-refractivity contribution in [1.29, 1.82) is 0 Å². The Balaban J connectivity index is 1.75. The molecular weight excluding hydrogens is 240 g/mol. The minimum Gasteiger partial charge on any atom is -0.370 e. The molecule has 2 saturated heterocycles. The molecule has 3 nitrogen and oxygen atoms in total. The first-order chi connectivity index (χ1) is 9.16. The van der Waals surface area contributed by atoms with Crippen LogP contribution in [0.4, 0.5) is 0 Å². The van der Waals surface area contributed by atoms with Crippen LogP contribution in [0.5, 0.6) is 0 Å². The molecule has 104 valence electrons. The van der Waals surface area contributed by atoms with Crippen LogP contribution in [-0.4, -0.2) is 24.9 Å². The van der Waals surface area contributed by atoms with Crippen LogP contribution in [0.3, 0.4) is 0 Å². The third-order valence-corrected chi connectivity index (χ3v) is 4.61. The molecule has 0 radical (unpaired) electrons. The third kappa shape index (κ3) is 2.42. The van der Waals surface area contributed by atoms with Crippen molar-refractivity contribution < 1.29 is 14.2 Å². The Bertz CT molecular complexity index is 417. The van der Waals surface area contributed by atoms with E-state index < -0.39 is 0 Å². The van der Waals surface area contributed by atoms with Gasteiger partial charge < -0.3 is 14.2 Å². The predicted octanol–water partition coefficient (Wildman–Crippen LogP) is 3.16. The summed E-state index contributed by atoms with van der Waals surface area (Å²) in [6, 6.07) is 10.1. The number of rotatable bonds is 1. The minimum atomic E-state index is -0.255. The van der Waals surface area contributed by atoms with Gasteiger partial charge in [-0.15, -0.1) is 0 Å². The van der Waals surface area contributed by atoms with Gasteiger partial charge in [0.2, 0.25) is 0 Å². The van der Waals surface area contributed by atoms with Gasteiger partial charge in [-0.2, -0.15) is 0 Å². The van der Waals surface area contributed by atoms with Crippen LogP contribution < -0.4 is 0 Å². The maximum absolute atomic E-state index is 6.16. The molecule has 2 fully saturated rings. The molecule has 3 unspecified atom stereocenters. The molecule has 0 aliphatic carbocycles. The van der Waals surface area contributed by atoms with Crippen LogP contribution >= 0.6 is 0 Å². The fraction of sp³-hybridized carbons (Fsp3) is 0.625. The molecular formula is C16H22O3. The summed E-state index contributed by atoms with van der Waals surface area (Å²) in [7, 11) is 0. The highest BCUT2D eigenvalue weighted by atomic mass is 16.7. The maximum atomic E-state index is 6.16. The predicted molar refractivity (Wildman–Crippen MR) is 72.7 cm³/mol. The van der Waals surface area contributed by atoms with E-state index in [1.807, 2.05) is 30.3 Å². The van der Waals surface area contributed by atoms with Crippen molar-refractivity contribution in [1.82, 2.24) is 0 Å². The van der Waals surface area contributed by atoms with Crippen LogP contribution in [0.2, 0.25) is 0 Å². The molecule has 6 atom stereocenters. The van der Waals surface area contributed by atoms with Crippen LogP contribution in [-0.2, 0) is 14.2 Å². The number of hydrogen-bond acceptors (Lipinski definition) is 3. The van der Waals surface area contributed by atoms with Gasteiger partial charge in [0.05, 0.1) is 18.8 Å². The van der Waals surface area contributed by atoms with E-state index in [1.165, 1.54) is 0 Å². The van der Waals surface area contributed by atoms with Gasteiger partial charge in [-0.1, -0.05) is 44.2 Å². The van der Waals surface area contributed by atoms with Gasteiger partial charge in [0.15, 0.2) is 6.29 Å². The van der Waals surface area contributed by atoms with Crippen molar-refractivity contribution in [3.05, 3.63) is 35.9 Å². The van der Waals surface area contributed by atoms with Crippen LogP contribution in [0.1, 0.15) is 32.6 Å². The molecule has 0 aromatic heterocycles. The van der Waals surface area contributed by atoms with E-state index in [2.05, 4.69) is 20.8 Å². The normalized spacial score (nSPS) is 42.7. The summed E-state index contributed by atoms with van der Waals surface area (Å²) in [4.78, 5) is 0. The third-order valence-electron chi connectivity index (χ3n) is 4.61. The highest BCUT2D eigenvalue weighted by molar-refractivity contribution is 5.16. The van der Waals surface area contributed by atoms with E-state index in [0.717, 1.165) is 5.56 Å². The smallest absolute Gasteiger partial charge is 0.184 e. The highest BCUT2D eigenvalue weighted by Crippen LogP contribution is 2.38. The molecule has 0 bridgehead atoms. The van der Waals surface area contributed by atoms with E-state index in [0.29, 0.717) is 18.4 Å². The molecule has 2 heterocycles. The quantitative estimate of drug-likeness (QED) is 0.778. The van der Waals surface area contributed by atoms with Gasteiger partial charge in [-0.3, -0.25) is 0 Å². The zero-order valence-electron chi connectivity index (χ0n) is 11.8. The van der Waals surface area contributed by atoms with Crippen LogP contribution in [0, 0.1) is 11.8 Å². The largest absolute Gasteiger partial charge is 0.370 e. The molecule has 0 amide bonds. The monoisotopic (exact) mass is 262 g/mol. The zero-order chi connectivity index (χ0) is 13.4. The number of ether oxygens (including phenoxy) is 3. The van der Waals surface area contributed by atoms with E-state index in [4.69, 9.17) is 14.2 Å². The Morgan fingerprint density at radius 3 is 2.42 bits per heavy atom. The first-order valence-electron chi connectivity index (χ1n) is 7.14. The Labute approximate surface area is 114 Å². The molecule has 0 spiro atoms. The van der Waals surface area contributed by atoms with Gasteiger partial charge in [-0.25, -0.2) is 0 Å². The fourth-order valence-electron chi connectivity index (χ4n) is 3.04. The standard InChI is InChI=1S/C16H22O3/c1-10-11(2)15-14(18-12(10)3)9-17-16(19-15)13-7-5-4-6-8-13/h4-8,10-12,14-16H,9H2,1-3H3/t10?,11-,12-,14?,15+,16?/m1/s1. The lowest BCUT2D eigenvalue weighted by Gasteiger charge is -2.47. The van der Waals surface area contributed by atoms with E-state index in [-0.39, 0.29) is 24.6 Å². The van der Waals surface area contributed by atoms with Crippen molar-refractivity contribution in [2.24, 2.45) is 11.8 Å². The summed E-state index contributed by atoms with van der Waals surface area (Å²) in [6.45, 7) is 7.25. The summed E-state index contributed by atoms with van der Waals surface area (Å²) in [5.41, 5.74) is 1.08. The fourth-order valence-corrected chi connectivity index (χ4v) is 3.04. The molecule has 0 saturated carbocycles. The zero-order valence-corrected chi connectivity index (χ0v) is 11.8. The van der Waals surface area contributed by atoms with Gasteiger partial charge in [0, 0.05) is 5.56 Å². The molecule has 19 heavy (non-hydrogen) atoms. The van der Waals surface area contributed by atoms with Gasteiger partial charge >= 0.3 is 0 Å². The molecule has 1 aromatic carbocycles. The van der Waals surface area contributed by atoms with Crippen LogP contribution in [0.25, 0.3) is 0 Å². The molecule has 2 aliphatic rings. The van der Waals surface area contributed by atoms with Crippen molar-refractivity contribution >= 4 is 0 Å². The van der Waals surface area contributed by atoms with E-state index >= 15 is 0 Å². The summed E-state index contributed by atoms with van der Waals surface area (Å²) >= 11 is 0. The Morgan fingerprint density at radius 2 is 1.68 bits per heavy atom. The second-order valence-corrected chi connectivity index (χ2v) is 5.77. The van der Waals surface area contributed by atoms with Crippen molar-refractivity contribution in [2.75, 3.05) is 6.61 Å². The first-order valence-corrected chi connectivity index (χ1v) is 7.14. The average Bonchev–Trinajstić information content (AvgIpc) is 2.46. The second kappa shape index (κ2) is 5.23. The van der Waals surface area contributed by atoms with Crippen LogP contribution in [0.15, 0.2) is 30.3 Å². The summed E-state index contributed by atoms with van der Waals surface area (Å²) in [6.07, 6.45) is 0.220. The Morgan fingerprint density at radius 1 is 0.947 bits per heavy atom. The van der Waals surface area contributed by atoms with Crippen molar-refractivity contribution in [3.8, 4) is 0 Å². The molecule has 1 aromatic rings. The van der Waals surface area contributed by atoms with Crippen molar-refractivity contribution in [3.63, 3.8) is 0 Å². The maximum Gasteiger partial charge on any atom is 0.184 e. The second-order valence-electron chi connectivity index (χ2n) is 5.77. The molecule has 3 heteroatoms. The SMILES string of the molecule is CC1[C@@H](C)[C@@H]2OC(c3ccccc3)OCC2O[C@@H]1C. The number of hydrogen-bond donors (Lipinski definition) is 0. The summed E-state index contributed by atoms with van der Waals surface area (Å²) in [5.74, 6) is 1.000. The molecule has 2 aliphatic heterocycles. The Hall–Kier alpha value is -0.900. The summed E-state index contributed by atoms with van der Waals surface area (Å²) in [5, 5.41) is 0. The van der Waals surface area contributed by atoms with Gasteiger partial charge in [-0.05, 0) is 18.8 Å². The lowest BCUT2D eigenvalue weighted by atomic mass is 9.81. The highest BCUT2D eigenvalue weighted by Gasteiger charge is 2.44.